The van der Waals surface area contributed by atoms with E-state index in [9.17, 15) is 9.18 Å². The zero-order chi connectivity index (χ0) is 13.1. The Morgan fingerprint density at radius 1 is 1.44 bits per heavy atom. The molecule has 98 valence electrons. The standard InChI is InChI=1S/C13H18FN3O/c14-11-4-3-9(7-15)10(6-11)8-17-5-1-2-12(17)13(16)18/h3-4,6,12H,1-2,5,7-8,15H2,(H2,16,18). The molecule has 1 unspecified atom stereocenters. The highest BCUT2D eigenvalue weighted by atomic mass is 19.1. The van der Waals surface area contributed by atoms with Crippen LogP contribution in [-0.2, 0) is 17.9 Å². The van der Waals surface area contributed by atoms with Gasteiger partial charge in [0.25, 0.3) is 0 Å². The van der Waals surface area contributed by atoms with E-state index in [0.29, 0.717) is 13.1 Å². The van der Waals surface area contributed by atoms with Gasteiger partial charge in [-0.05, 0) is 42.6 Å². The average Bonchev–Trinajstić information content (AvgIpc) is 2.77. The third-order valence-corrected chi connectivity index (χ3v) is 3.45. The van der Waals surface area contributed by atoms with Gasteiger partial charge in [0.05, 0.1) is 6.04 Å². The lowest BCUT2D eigenvalue weighted by Gasteiger charge is -2.23. The molecule has 0 aliphatic carbocycles. The summed E-state index contributed by atoms with van der Waals surface area (Å²) < 4.78 is 13.3. The average molecular weight is 251 g/mol. The number of nitrogens with two attached hydrogens (primary N) is 2. The Morgan fingerprint density at radius 3 is 2.89 bits per heavy atom. The van der Waals surface area contributed by atoms with Crippen LogP contribution < -0.4 is 11.5 Å². The summed E-state index contributed by atoms with van der Waals surface area (Å²) in [6.07, 6.45) is 1.73. The fourth-order valence-corrected chi connectivity index (χ4v) is 2.50. The van der Waals surface area contributed by atoms with Gasteiger partial charge in [-0.1, -0.05) is 6.07 Å². The quantitative estimate of drug-likeness (QED) is 0.828. The summed E-state index contributed by atoms with van der Waals surface area (Å²) in [7, 11) is 0. The molecule has 1 amide bonds. The van der Waals surface area contributed by atoms with E-state index in [0.717, 1.165) is 30.5 Å². The number of carbonyl (C=O) groups is 1. The first-order valence-electron chi connectivity index (χ1n) is 6.12. The maximum atomic E-state index is 13.3. The van der Waals surface area contributed by atoms with Gasteiger partial charge in [-0.25, -0.2) is 4.39 Å². The molecule has 1 heterocycles. The van der Waals surface area contributed by atoms with Crippen LogP contribution in [0.3, 0.4) is 0 Å². The van der Waals surface area contributed by atoms with E-state index in [1.807, 2.05) is 4.90 Å². The molecule has 4 N–H and O–H groups in total. The summed E-state index contributed by atoms with van der Waals surface area (Å²) in [6.45, 7) is 1.71. The van der Waals surface area contributed by atoms with Crippen LogP contribution in [0.5, 0.6) is 0 Å². The van der Waals surface area contributed by atoms with E-state index >= 15 is 0 Å². The molecule has 1 aliphatic heterocycles. The van der Waals surface area contributed by atoms with Crippen molar-refractivity contribution >= 4 is 5.91 Å². The minimum atomic E-state index is -0.307. The van der Waals surface area contributed by atoms with Crippen LogP contribution in [0.25, 0.3) is 0 Å². The molecule has 1 aromatic rings. The molecule has 1 atom stereocenters. The molecule has 0 aromatic heterocycles. The molecule has 0 saturated carbocycles. The number of hydrogen-bond donors (Lipinski definition) is 2. The van der Waals surface area contributed by atoms with Crippen molar-refractivity contribution in [2.45, 2.75) is 32.0 Å². The van der Waals surface area contributed by atoms with E-state index < -0.39 is 0 Å². The van der Waals surface area contributed by atoms with Gasteiger partial charge < -0.3 is 11.5 Å². The highest BCUT2D eigenvalue weighted by Crippen LogP contribution is 2.22. The maximum absolute atomic E-state index is 13.3. The van der Waals surface area contributed by atoms with Crippen molar-refractivity contribution in [2.24, 2.45) is 11.5 Å². The number of benzene rings is 1. The minimum Gasteiger partial charge on any atom is -0.368 e. The van der Waals surface area contributed by atoms with E-state index in [2.05, 4.69) is 0 Å². The lowest BCUT2D eigenvalue weighted by molar-refractivity contribution is -0.122. The number of nitrogens with zero attached hydrogens (tertiary/aromatic N) is 1. The Kier molecular flexibility index (Phi) is 3.93. The summed E-state index contributed by atoms with van der Waals surface area (Å²) in [5, 5.41) is 0. The highest BCUT2D eigenvalue weighted by Gasteiger charge is 2.29. The second-order valence-electron chi connectivity index (χ2n) is 4.65. The number of halogens is 1. The van der Waals surface area contributed by atoms with Crippen molar-refractivity contribution < 1.29 is 9.18 Å². The number of rotatable bonds is 4. The molecule has 5 heteroatoms. The second kappa shape index (κ2) is 5.46. The van der Waals surface area contributed by atoms with Gasteiger partial charge in [0.1, 0.15) is 5.82 Å². The first-order chi connectivity index (χ1) is 8.61. The molecule has 4 nitrogen and oxygen atoms in total. The van der Waals surface area contributed by atoms with Crippen LogP contribution in [-0.4, -0.2) is 23.4 Å². The molecule has 18 heavy (non-hydrogen) atoms. The molecule has 2 rings (SSSR count). The van der Waals surface area contributed by atoms with E-state index in [4.69, 9.17) is 11.5 Å². The third kappa shape index (κ3) is 2.68. The summed E-state index contributed by atoms with van der Waals surface area (Å²) in [4.78, 5) is 13.3. The molecule has 1 fully saturated rings. The van der Waals surface area contributed by atoms with Crippen LogP contribution in [0, 0.1) is 5.82 Å². The predicted octanol–water partition coefficient (Wildman–Crippen LogP) is 0.734. The molecular weight excluding hydrogens is 233 g/mol. The van der Waals surface area contributed by atoms with Gasteiger partial charge in [-0.2, -0.15) is 0 Å². The lowest BCUT2D eigenvalue weighted by atomic mass is 10.1. The number of primary amides is 1. The summed E-state index contributed by atoms with van der Waals surface area (Å²) in [5.41, 5.74) is 12.7. The fraction of sp³-hybridized carbons (Fsp3) is 0.462. The third-order valence-electron chi connectivity index (χ3n) is 3.45. The smallest absolute Gasteiger partial charge is 0.234 e. The Morgan fingerprint density at radius 2 is 2.22 bits per heavy atom. The van der Waals surface area contributed by atoms with Crippen molar-refractivity contribution in [3.63, 3.8) is 0 Å². The van der Waals surface area contributed by atoms with Crippen LogP contribution in [0.15, 0.2) is 18.2 Å². The molecule has 1 aromatic carbocycles. The van der Waals surface area contributed by atoms with Crippen LogP contribution in [0.1, 0.15) is 24.0 Å². The Labute approximate surface area is 106 Å². The Bertz CT molecular complexity index is 450. The van der Waals surface area contributed by atoms with E-state index in [1.54, 1.807) is 6.07 Å². The molecule has 0 bridgehead atoms. The predicted molar refractivity (Wildman–Crippen MR) is 66.9 cm³/mol. The van der Waals surface area contributed by atoms with Crippen LogP contribution in [0.2, 0.25) is 0 Å². The first-order valence-corrected chi connectivity index (χ1v) is 6.12. The summed E-state index contributed by atoms with van der Waals surface area (Å²) >= 11 is 0. The van der Waals surface area contributed by atoms with Gasteiger partial charge in [0, 0.05) is 13.1 Å². The van der Waals surface area contributed by atoms with Crippen LogP contribution in [0.4, 0.5) is 4.39 Å². The van der Waals surface area contributed by atoms with Gasteiger partial charge in [0.2, 0.25) is 5.91 Å². The van der Waals surface area contributed by atoms with Gasteiger partial charge in [-0.15, -0.1) is 0 Å². The topological polar surface area (TPSA) is 72.3 Å². The molecule has 1 aliphatic rings. The SMILES string of the molecule is NCc1ccc(F)cc1CN1CCCC1C(N)=O. The van der Waals surface area contributed by atoms with Gasteiger partial charge >= 0.3 is 0 Å². The van der Waals surface area contributed by atoms with Gasteiger partial charge in [0.15, 0.2) is 0 Å². The van der Waals surface area contributed by atoms with Crippen LogP contribution >= 0.6 is 0 Å². The molecular formula is C13H18FN3O. The normalized spacial score (nSPS) is 20.2. The number of hydrogen-bond acceptors (Lipinski definition) is 3. The molecule has 1 saturated heterocycles. The maximum Gasteiger partial charge on any atom is 0.234 e. The Hall–Kier alpha value is -1.46. The Balaban J connectivity index is 2.18. The number of carbonyl (C=O) groups excluding carboxylic acids is 1. The largest absolute Gasteiger partial charge is 0.368 e. The fourth-order valence-electron chi connectivity index (χ4n) is 2.50. The summed E-state index contributed by atoms with van der Waals surface area (Å²) in [6, 6.07) is 4.35. The van der Waals surface area contributed by atoms with E-state index in [-0.39, 0.29) is 17.8 Å². The minimum absolute atomic E-state index is 0.237. The van der Waals surface area contributed by atoms with Crippen molar-refractivity contribution in [1.29, 1.82) is 0 Å². The lowest BCUT2D eigenvalue weighted by Crippen LogP contribution is -2.40. The zero-order valence-electron chi connectivity index (χ0n) is 10.2. The first kappa shape index (κ1) is 13.0. The molecule has 0 spiro atoms. The van der Waals surface area contributed by atoms with Crippen molar-refractivity contribution in [2.75, 3.05) is 6.54 Å². The van der Waals surface area contributed by atoms with Crippen molar-refractivity contribution in [1.82, 2.24) is 4.90 Å². The highest BCUT2D eigenvalue weighted by molar-refractivity contribution is 5.80. The monoisotopic (exact) mass is 251 g/mol. The molecule has 0 radical (unpaired) electrons. The second-order valence-corrected chi connectivity index (χ2v) is 4.65. The van der Waals surface area contributed by atoms with Crippen molar-refractivity contribution in [3.8, 4) is 0 Å². The number of likely N-dealkylation sites (tertiary alicyclic amines) is 1. The number of amides is 1. The van der Waals surface area contributed by atoms with Crippen molar-refractivity contribution in [3.05, 3.63) is 35.1 Å². The zero-order valence-corrected chi connectivity index (χ0v) is 10.2. The summed E-state index contributed by atoms with van der Waals surface area (Å²) in [5.74, 6) is -0.588. The van der Waals surface area contributed by atoms with Gasteiger partial charge in [-0.3, -0.25) is 9.69 Å². The van der Waals surface area contributed by atoms with E-state index in [1.165, 1.54) is 12.1 Å².